The highest BCUT2D eigenvalue weighted by Crippen LogP contribution is 2.33. The first-order valence-corrected chi connectivity index (χ1v) is 4.39. The first kappa shape index (κ1) is 12.3. The summed E-state index contributed by atoms with van der Waals surface area (Å²) in [7, 11) is 0. The van der Waals surface area contributed by atoms with Crippen LogP contribution in [-0.2, 0) is 4.79 Å². The summed E-state index contributed by atoms with van der Waals surface area (Å²) >= 11 is 0. The van der Waals surface area contributed by atoms with Crippen LogP contribution in [-0.4, -0.2) is 17.3 Å². The number of carboxylic acids is 1. The summed E-state index contributed by atoms with van der Waals surface area (Å²) < 4.78 is 37.6. The lowest BCUT2D eigenvalue weighted by Gasteiger charge is -2.11. The number of aliphatic carboxylic acids is 1. The van der Waals surface area contributed by atoms with Crippen LogP contribution in [0, 0.1) is 6.92 Å². The van der Waals surface area contributed by atoms with Crippen LogP contribution in [0.2, 0.25) is 0 Å². The molecule has 0 radical (unpaired) electrons. The maximum Gasteiger partial charge on any atom is 0.417 e. The number of rotatable bonds is 2. The standard InChI is InChI=1S/C11H9F3O2/c1-7-2-4-8(5-3-7)9(6-10(15)16)11(12,13)14/h2-6H,1H3,(H,15,16)/b9-6-. The number of hydrogen-bond donors (Lipinski definition) is 1. The third-order valence-electron chi connectivity index (χ3n) is 1.94. The van der Waals surface area contributed by atoms with Gasteiger partial charge in [-0.1, -0.05) is 29.8 Å². The summed E-state index contributed by atoms with van der Waals surface area (Å²) in [5, 5.41) is 8.39. The molecule has 1 aromatic carbocycles. The quantitative estimate of drug-likeness (QED) is 0.793. The Morgan fingerprint density at radius 1 is 1.25 bits per heavy atom. The minimum absolute atomic E-state index is 0.152. The Bertz CT molecular complexity index is 416. The molecule has 2 nitrogen and oxygen atoms in total. The summed E-state index contributed by atoms with van der Waals surface area (Å²) in [6, 6.07) is 5.49. The molecule has 0 aliphatic rings. The Hall–Kier alpha value is -1.78. The maximum absolute atomic E-state index is 12.5. The molecular formula is C11H9F3O2. The number of carboxylic acid groups (broad SMARTS) is 1. The second kappa shape index (κ2) is 4.38. The zero-order chi connectivity index (χ0) is 12.3. The largest absolute Gasteiger partial charge is 0.478 e. The number of allylic oxidation sites excluding steroid dienone is 1. The number of benzene rings is 1. The minimum Gasteiger partial charge on any atom is -0.478 e. The van der Waals surface area contributed by atoms with Crippen LogP contribution in [0.15, 0.2) is 30.3 Å². The summed E-state index contributed by atoms with van der Waals surface area (Å²) in [4.78, 5) is 10.3. The Morgan fingerprint density at radius 3 is 2.12 bits per heavy atom. The van der Waals surface area contributed by atoms with Crippen molar-refractivity contribution in [1.82, 2.24) is 0 Å². The second-order valence-corrected chi connectivity index (χ2v) is 3.26. The monoisotopic (exact) mass is 230 g/mol. The molecule has 0 aliphatic carbocycles. The van der Waals surface area contributed by atoms with E-state index in [2.05, 4.69) is 0 Å². The molecule has 0 saturated heterocycles. The molecule has 0 unspecified atom stereocenters. The van der Waals surface area contributed by atoms with E-state index >= 15 is 0 Å². The smallest absolute Gasteiger partial charge is 0.417 e. The molecule has 1 rings (SSSR count). The highest BCUT2D eigenvalue weighted by atomic mass is 19.4. The fraction of sp³-hybridized carbons (Fsp3) is 0.182. The van der Waals surface area contributed by atoms with Crippen molar-refractivity contribution in [2.75, 3.05) is 0 Å². The van der Waals surface area contributed by atoms with E-state index < -0.39 is 17.7 Å². The topological polar surface area (TPSA) is 37.3 Å². The highest BCUT2D eigenvalue weighted by molar-refractivity contribution is 5.91. The van der Waals surface area contributed by atoms with E-state index in [0.29, 0.717) is 0 Å². The van der Waals surface area contributed by atoms with E-state index in [1.807, 2.05) is 0 Å². The average molecular weight is 230 g/mol. The molecule has 16 heavy (non-hydrogen) atoms. The van der Waals surface area contributed by atoms with Crippen molar-refractivity contribution >= 4 is 11.5 Å². The van der Waals surface area contributed by atoms with Gasteiger partial charge in [0.05, 0.1) is 5.57 Å². The SMILES string of the molecule is Cc1ccc(/C(=C/C(=O)O)C(F)(F)F)cc1. The Balaban J connectivity index is 3.23. The molecule has 0 aromatic heterocycles. The van der Waals surface area contributed by atoms with Gasteiger partial charge in [-0.2, -0.15) is 13.2 Å². The van der Waals surface area contributed by atoms with Crippen LogP contribution >= 0.6 is 0 Å². The summed E-state index contributed by atoms with van der Waals surface area (Å²) in [6.45, 7) is 1.73. The average Bonchev–Trinajstić information content (AvgIpc) is 2.14. The van der Waals surface area contributed by atoms with Crippen LogP contribution in [0.25, 0.3) is 5.57 Å². The van der Waals surface area contributed by atoms with Crippen molar-refractivity contribution in [3.05, 3.63) is 41.5 Å². The van der Waals surface area contributed by atoms with E-state index in [0.717, 1.165) is 5.56 Å². The van der Waals surface area contributed by atoms with Crippen molar-refractivity contribution in [2.24, 2.45) is 0 Å². The van der Waals surface area contributed by atoms with E-state index in [9.17, 15) is 18.0 Å². The van der Waals surface area contributed by atoms with Crippen LogP contribution in [0.4, 0.5) is 13.2 Å². The zero-order valence-electron chi connectivity index (χ0n) is 8.38. The van der Waals surface area contributed by atoms with E-state index in [-0.39, 0.29) is 11.6 Å². The molecular weight excluding hydrogens is 221 g/mol. The minimum atomic E-state index is -4.67. The molecule has 0 atom stereocenters. The van der Waals surface area contributed by atoms with Gasteiger partial charge in [0.2, 0.25) is 0 Å². The van der Waals surface area contributed by atoms with E-state index in [1.54, 1.807) is 6.92 Å². The molecule has 0 saturated carbocycles. The Morgan fingerprint density at radius 2 is 1.75 bits per heavy atom. The van der Waals surface area contributed by atoms with Crippen molar-refractivity contribution in [2.45, 2.75) is 13.1 Å². The third kappa shape index (κ3) is 3.12. The van der Waals surface area contributed by atoms with Crippen molar-refractivity contribution < 1.29 is 23.1 Å². The van der Waals surface area contributed by atoms with Gasteiger partial charge in [0.15, 0.2) is 0 Å². The lowest BCUT2D eigenvalue weighted by Crippen LogP contribution is -2.12. The van der Waals surface area contributed by atoms with Gasteiger partial charge in [-0.15, -0.1) is 0 Å². The fourth-order valence-corrected chi connectivity index (χ4v) is 1.19. The first-order valence-electron chi connectivity index (χ1n) is 4.39. The van der Waals surface area contributed by atoms with Gasteiger partial charge in [-0.05, 0) is 12.5 Å². The van der Waals surface area contributed by atoms with Gasteiger partial charge in [-0.3, -0.25) is 0 Å². The van der Waals surface area contributed by atoms with Crippen molar-refractivity contribution in [3.63, 3.8) is 0 Å². The number of hydrogen-bond acceptors (Lipinski definition) is 1. The number of alkyl halides is 3. The molecule has 1 N–H and O–H groups in total. The molecule has 0 fully saturated rings. The number of carbonyl (C=O) groups is 1. The second-order valence-electron chi connectivity index (χ2n) is 3.26. The molecule has 5 heteroatoms. The van der Waals surface area contributed by atoms with Crippen LogP contribution in [0.1, 0.15) is 11.1 Å². The molecule has 0 bridgehead atoms. The lowest BCUT2D eigenvalue weighted by atomic mass is 10.0. The first-order chi connectivity index (χ1) is 7.30. The number of aryl methyl sites for hydroxylation is 1. The summed E-state index contributed by atoms with van der Waals surface area (Å²) in [6.07, 6.45) is -4.50. The highest BCUT2D eigenvalue weighted by Gasteiger charge is 2.35. The third-order valence-corrected chi connectivity index (χ3v) is 1.94. The van der Waals surface area contributed by atoms with Gasteiger partial charge in [0.25, 0.3) is 0 Å². The van der Waals surface area contributed by atoms with Crippen molar-refractivity contribution in [3.8, 4) is 0 Å². The van der Waals surface area contributed by atoms with Gasteiger partial charge < -0.3 is 5.11 Å². The van der Waals surface area contributed by atoms with Gasteiger partial charge in [-0.25, -0.2) is 4.79 Å². The van der Waals surface area contributed by atoms with Gasteiger partial charge in [0.1, 0.15) is 0 Å². The van der Waals surface area contributed by atoms with Crippen molar-refractivity contribution in [1.29, 1.82) is 0 Å². The maximum atomic E-state index is 12.5. The lowest BCUT2D eigenvalue weighted by molar-refractivity contribution is -0.131. The molecule has 0 heterocycles. The molecule has 86 valence electrons. The summed E-state index contributed by atoms with van der Waals surface area (Å²) in [5.41, 5.74) is -0.499. The normalized spacial score (nSPS) is 12.6. The Labute approximate surface area is 90.0 Å². The predicted octanol–water partition coefficient (Wildman–Crippen LogP) is 3.03. The van der Waals surface area contributed by atoms with Gasteiger partial charge >= 0.3 is 12.1 Å². The molecule has 0 aliphatic heterocycles. The zero-order valence-corrected chi connectivity index (χ0v) is 8.38. The van der Waals surface area contributed by atoms with Crippen LogP contribution in [0.3, 0.4) is 0 Å². The van der Waals surface area contributed by atoms with E-state index in [1.165, 1.54) is 24.3 Å². The fourth-order valence-electron chi connectivity index (χ4n) is 1.19. The number of halogens is 3. The van der Waals surface area contributed by atoms with Gasteiger partial charge in [0, 0.05) is 6.08 Å². The predicted molar refractivity (Wildman–Crippen MR) is 52.8 cm³/mol. The molecule has 0 amide bonds. The van der Waals surface area contributed by atoms with Crippen LogP contribution in [0.5, 0.6) is 0 Å². The molecule has 1 aromatic rings. The van der Waals surface area contributed by atoms with Crippen LogP contribution < -0.4 is 0 Å². The Kier molecular flexibility index (Phi) is 3.37. The van der Waals surface area contributed by atoms with E-state index in [4.69, 9.17) is 5.11 Å². The molecule has 0 spiro atoms. The summed E-state index contributed by atoms with van der Waals surface area (Å²) in [5.74, 6) is -1.62.